The molecule has 2 atom stereocenters. The summed E-state index contributed by atoms with van der Waals surface area (Å²) in [6.07, 6.45) is 0. The van der Waals surface area contributed by atoms with Crippen molar-refractivity contribution in [3.63, 3.8) is 0 Å². The first-order chi connectivity index (χ1) is 13.3. The molecule has 0 aromatic heterocycles. The smallest absolute Gasteiger partial charge is 0.253 e. The summed E-state index contributed by atoms with van der Waals surface area (Å²) in [6, 6.07) is 13.8. The normalized spacial score (nSPS) is 19.1. The zero-order chi connectivity index (χ0) is 20.3. The van der Waals surface area contributed by atoms with Crippen LogP contribution in [-0.4, -0.2) is 36.3 Å². The third-order valence-corrected chi connectivity index (χ3v) is 5.20. The molecule has 3 rings (SSSR count). The number of hydrogen-bond acceptors (Lipinski definition) is 2. The van der Waals surface area contributed by atoms with Gasteiger partial charge in [-0.15, -0.1) is 0 Å². The molecule has 1 fully saturated rings. The fourth-order valence-electron chi connectivity index (χ4n) is 3.62. The Morgan fingerprint density at radius 1 is 1.14 bits per heavy atom. The quantitative estimate of drug-likeness (QED) is 0.856. The second-order valence-electron chi connectivity index (χ2n) is 7.98. The number of likely N-dealkylation sites (tertiary alicyclic amines) is 1. The Kier molecular flexibility index (Phi) is 6.12. The van der Waals surface area contributed by atoms with Crippen LogP contribution in [0.4, 0.5) is 4.39 Å². The van der Waals surface area contributed by atoms with Crippen molar-refractivity contribution >= 4 is 11.8 Å². The molecule has 0 bridgehead atoms. The van der Waals surface area contributed by atoms with Gasteiger partial charge in [0.25, 0.3) is 5.91 Å². The summed E-state index contributed by atoms with van der Waals surface area (Å²) < 4.78 is 13.8. The van der Waals surface area contributed by atoms with Crippen LogP contribution in [0, 0.1) is 24.6 Å². The Hall–Kier alpha value is -2.69. The summed E-state index contributed by atoms with van der Waals surface area (Å²) in [5.41, 5.74) is 2.44. The van der Waals surface area contributed by atoms with Crippen LogP contribution in [0.5, 0.6) is 0 Å². The summed E-state index contributed by atoms with van der Waals surface area (Å²) in [6.45, 7) is 7.35. The summed E-state index contributed by atoms with van der Waals surface area (Å²) in [4.78, 5) is 27.5. The maximum Gasteiger partial charge on any atom is 0.253 e. The van der Waals surface area contributed by atoms with E-state index in [0.717, 1.165) is 11.1 Å². The number of carbonyl (C=O) groups excluding carboxylic acids is 2. The number of nitrogens with zero attached hydrogens (tertiary/aromatic N) is 1. The molecule has 1 heterocycles. The minimum Gasteiger partial charge on any atom is -0.356 e. The van der Waals surface area contributed by atoms with Crippen molar-refractivity contribution in [2.45, 2.75) is 26.7 Å². The number of nitrogens with one attached hydrogen (secondary N) is 1. The first-order valence-electron chi connectivity index (χ1n) is 9.74. The monoisotopic (exact) mass is 382 g/mol. The third-order valence-electron chi connectivity index (χ3n) is 5.20. The van der Waals surface area contributed by atoms with Crippen molar-refractivity contribution in [2.24, 2.45) is 11.8 Å². The van der Waals surface area contributed by atoms with Crippen molar-refractivity contribution in [1.82, 2.24) is 10.2 Å². The highest BCUT2D eigenvalue weighted by Crippen LogP contribution is 2.34. The van der Waals surface area contributed by atoms with Gasteiger partial charge in [-0.05, 0) is 42.7 Å². The molecule has 4 nitrogen and oxygen atoms in total. The Morgan fingerprint density at radius 3 is 2.50 bits per heavy atom. The lowest BCUT2D eigenvalue weighted by molar-refractivity contribution is -0.125. The van der Waals surface area contributed by atoms with E-state index in [9.17, 15) is 14.0 Å². The lowest BCUT2D eigenvalue weighted by Crippen LogP contribution is -2.37. The van der Waals surface area contributed by atoms with Crippen LogP contribution < -0.4 is 5.32 Å². The Labute approximate surface area is 165 Å². The lowest BCUT2D eigenvalue weighted by atomic mass is 9.88. The fraction of sp³-hybridized carbons (Fsp3) is 0.391. The van der Waals surface area contributed by atoms with E-state index in [1.54, 1.807) is 23.1 Å². The highest BCUT2D eigenvalue weighted by molar-refractivity contribution is 5.95. The van der Waals surface area contributed by atoms with E-state index < -0.39 is 5.92 Å². The molecular weight excluding hydrogens is 355 g/mol. The molecule has 0 saturated carbocycles. The maximum atomic E-state index is 13.8. The molecule has 2 unspecified atom stereocenters. The van der Waals surface area contributed by atoms with Gasteiger partial charge in [0.1, 0.15) is 5.82 Å². The largest absolute Gasteiger partial charge is 0.356 e. The molecule has 2 amide bonds. The molecule has 0 aliphatic carbocycles. The first kappa shape index (κ1) is 20.1. The number of benzene rings is 2. The van der Waals surface area contributed by atoms with Gasteiger partial charge in [0.05, 0.1) is 5.92 Å². The van der Waals surface area contributed by atoms with Crippen molar-refractivity contribution in [3.8, 4) is 0 Å². The summed E-state index contributed by atoms with van der Waals surface area (Å²) in [7, 11) is 0. The van der Waals surface area contributed by atoms with E-state index in [1.165, 1.54) is 12.1 Å². The van der Waals surface area contributed by atoms with Gasteiger partial charge in [-0.2, -0.15) is 0 Å². The number of carbonyl (C=O) groups is 2. The predicted octanol–water partition coefficient (Wildman–Crippen LogP) is 3.76. The zero-order valence-electron chi connectivity index (χ0n) is 16.6. The van der Waals surface area contributed by atoms with Gasteiger partial charge in [0.2, 0.25) is 5.91 Å². The van der Waals surface area contributed by atoms with Gasteiger partial charge < -0.3 is 10.2 Å². The van der Waals surface area contributed by atoms with Gasteiger partial charge in [-0.1, -0.05) is 43.7 Å². The van der Waals surface area contributed by atoms with Gasteiger partial charge in [-0.25, -0.2) is 4.39 Å². The molecule has 1 saturated heterocycles. The van der Waals surface area contributed by atoms with Gasteiger partial charge in [-0.3, -0.25) is 9.59 Å². The minimum absolute atomic E-state index is 0.0813. The van der Waals surface area contributed by atoms with Crippen molar-refractivity contribution in [3.05, 3.63) is 71.0 Å². The van der Waals surface area contributed by atoms with E-state index >= 15 is 0 Å². The molecule has 1 N–H and O–H groups in total. The molecule has 0 radical (unpaired) electrons. The van der Waals surface area contributed by atoms with Crippen LogP contribution in [-0.2, 0) is 4.79 Å². The molecule has 2 aromatic carbocycles. The molecule has 5 heteroatoms. The zero-order valence-corrected chi connectivity index (χ0v) is 16.6. The maximum absolute atomic E-state index is 13.8. The topological polar surface area (TPSA) is 49.4 Å². The van der Waals surface area contributed by atoms with Crippen LogP contribution in [0.2, 0.25) is 0 Å². The predicted molar refractivity (Wildman–Crippen MR) is 108 cm³/mol. The average Bonchev–Trinajstić information content (AvgIpc) is 3.11. The third kappa shape index (κ3) is 4.58. The highest BCUT2D eigenvalue weighted by Gasteiger charge is 2.40. The Balaban J connectivity index is 1.84. The molecule has 1 aliphatic heterocycles. The van der Waals surface area contributed by atoms with Crippen molar-refractivity contribution in [1.29, 1.82) is 0 Å². The molecule has 2 aromatic rings. The number of rotatable bonds is 5. The number of aryl methyl sites for hydroxylation is 1. The van der Waals surface area contributed by atoms with Crippen LogP contribution in [0.15, 0.2) is 48.5 Å². The van der Waals surface area contributed by atoms with Crippen LogP contribution >= 0.6 is 0 Å². The molecule has 1 aliphatic rings. The minimum atomic E-state index is -0.394. The second kappa shape index (κ2) is 8.55. The van der Waals surface area contributed by atoms with E-state index in [1.807, 2.05) is 39.0 Å². The van der Waals surface area contributed by atoms with E-state index in [0.29, 0.717) is 31.1 Å². The fourth-order valence-corrected chi connectivity index (χ4v) is 3.62. The molecule has 28 heavy (non-hydrogen) atoms. The lowest BCUT2D eigenvalue weighted by Gasteiger charge is -2.19. The van der Waals surface area contributed by atoms with E-state index in [2.05, 4.69) is 5.32 Å². The summed E-state index contributed by atoms with van der Waals surface area (Å²) in [5, 5.41) is 2.97. The SMILES string of the molecule is Cc1ccc(C(=O)N2CC(C(=O)NCC(C)C)C(c3cccc(F)c3)C2)cc1. The summed E-state index contributed by atoms with van der Waals surface area (Å²) >= 11 is 0. The van der Waals surface area contributed by atoms with Crippen LogP contribution in [0.25, 0.3) is 0 Å². The van der Waals surface area contributed by atoms with Crippen LogP contribution in [0.3, 0.4) is 0 Å². The molecular formula is C23H27FN2O2. The first-order valence-corrected chi connectivity index (χ1v) is 9.74. The number of hydrogen-bond donors (Lipinski definition) is 1. The van der Waals surface area contributed by atoms with Gasteiger partial charge in [0.15, 0.2) is 0 Å². The Bertz CT molecular complexity index is 848. The number of halogens is 1. The average molecular weight is 382 g/mol. The standard InChI is InChI=1S/C23H27FN2O2/c1-15(2)12-25-22(27)21-14-26(23(28)17-9-7-16(3)8-10-17)13-20(21)18-5-4-6-19(24)11-18/h4-11,15,20-21H,12-14H2,1-3H3,(H,25,27). The summed E-state index contributed by atoms with van der Waals surface area (Å²) in [5.74, 6) is -0.791. The van der Waals surface area contributed by atoms with Gasteiger partial charge >= 0.3 is 0 Å². The van der Waals surface area contributed by atoms with E-state index in [-0.39, 0.29) is 23.5 Å². The highest BCUT2D eigenvalue weighted by atomic mass is 19.1. The van der Waals surface area contributed by atoms with Crippen molar-refractivity contribution in [2.75, 3.05) is 19.6 Å². The second-order valence-corrected chi connectivity index (χ2v) is 7.98. The van der Waals surface area contributed by atoms with Gasteiger partial charge in [0, 0.05) is 31.1 Å². The van der Waals surface area contributed by atoms with E-state index in [4.69, 9.17) is 0 Å². The molecule has 148 valence electrons. The number of amides is 2. The van der Waals surface area contributed by atoms with Crippen molar-refractivity contribution < 1.29 is 14.0 Å². The molecule has 0 spiro atoms. The van der Waals surface area contributed by atoms with Crippen LogP contribution in [0.1, 0.15) is 41.3 Å². The Morgan fingerprint density at radius 2 is 1.86 bits per heavy atom.